The zero-order valence-electron chi connectivity index (χ0n) is 7.16. The molecule has 0 aliphatic carbocycles. The van der Waals surface area contributed by atoms with Crippen molar-refractivity contribution in [2.75, 3.05) is 0 Å². The van der Waals surface area contributed by atoms with Crippen LogP contribution in [0.3, 0.4) is 0 Å². The lowest BCUT2D eigenvalue weighted by Crippen LogP contribution is -2.19. The first-order chi connectivity index (χ1) is 5.06. The van der Waals surface area contributed by atoms with Crippen molar-refractivity contribution in [2.24, 2.45) is 5.92 Å². The minimum absolute atomic E-state index is 0.365. The lowest BCUT2D eigenvalue weighted by atomic mass is 10.1. The first-order valence-corrected chi connectivity index (χ1v) is 3.68. The van der Waals surface area contributed by atoms with Crippen molar-refractivity contribution in [1.82, 2.24) is 0 Å². The molecule has 0 amide bonds. The molecule has 0 heterocycles. The van der Waals surface area contributed by atoms with Crippen LogP contribution in [0.15, 0.2) is 0 Å². The Morgan fingerprint density at radius 2 is 2.09 bits per heavy atom. The Morgan fingerprint density at radius 1 is 1.55 bits per heavy atom. The van der Waals surface area contributed by atoms with E-state index in [1.165, 1.54) is 6.92 Å². The molecule has 0 aliphatic rings. The molecule has 0 radical (unpaired) electrons. The zero-order chi connectivity index (χ0) is 8.85. The molecule has 0 aliphatic heterocycles. The highest BCUT2D eigenvalue weighted by Gasteiger charge is 2.11. The highest BCUT2D eigenvalue weighted by molar-refractivity contribution is 5.69. The van der Waals surface area contributed by atoms with E-state index in [9.17, 15) is 9.59 Å². The van der Waals surface area contributed by atoms with Crippen molar-refractivity contribution >= 4 is 12.3 Å². The molecule has 0 saturated heterocycles. The van der Waals surface area contributed by atoms with Crippen LogP contribution >= 0.6 is 0 Å². The zero-order valence-corrected chi connectivity index (χ0v) is 7.16. The van der Waals surface area contributed by atoms with Crippen LogP contribution in [0.4, 0.5) is 0 Å². The van der Waals surface area contributed by atoms with E-state index in [2.05, 4.69) is 0 Å². The number of hydrogen-bond acceptors (Lipinski definition) is 3. The van der Waals surface area contributed by atoms with E-state index in [-0.39, 0.29) is 0 Å². The molecule has 0 rings (SSSR count). The van der Waals surface area contributed by atoms with Crippen molar-refractivity contribution in [1.29, 1.82) is 0 Å². The molecule has 0 bridgehead atoms. The summed E-state index contributed by atoms with van der Waals surface area (Å²) < 4.78 is 4.70. The molecule has 0 aromatic heterocycles. The van der Waals surface area contributed by atoms with Crippen LogP contribution in [0.1, 0.15) is 27.2 Å². The smallest absolute Gasteiger partial charge is 0.303 e. The third kappa shape index (κ3) is 5.58. The summed E-state index contributed by atoms with van der Waals surface area (Å²) >= 11 is 0. The monoisotopic (exact) mass is 158 g/mol. The second-order valence-corrected chi connectivity index (χ2v) is 2.91. The van der Waals surface area contributed by atoms with Crippen molar-refractivity contribution in [3.05, 3.63) is 0 Å². The Bertz CT molecular complexity index is 140. The minimum Gasteiger partial charge on any atom is -0.455 e. The number of carbonyl (C=O) groups excluding carboxylic acids is 2. The van der Waals surface area contributed by atoms with Crippen molar-refractivity contribution in [3.8, 4) is 0 Å². The van der Waals surface area contributed by atoms with Gasteiger partial charge in [-0.2, -0.15) is 0 Å². The van der Waals surface area contributed by atoms with Crippen LogP contribution in [-0.4, -0.2) is 18.4 Å². The van der Waals surface area contributed by atoms with Crippen LogP contribution < -0.4 is 0 Å². The second kappa shape index (κ2) is 4.88. The molecular weight excluding hydrogens is 144 g/mol. The van der Waals surface area contributed by atoms with Crippen LogP contribution in [-0.2, 0) is 14.3 Å². The molecule has 0 saturated carbocycles. The summed E-state index contributed by atoms with van der Waals surface area (Å²) in [6, 6.07) is 0. The predicted octanol–water partition coefficient (Wildman–Crippen LogP) is 1.16. The topological polar surface area (TPSA) is 43.4 Å². The largest absolute Gasteiger partial charge is 0.455 e. The Morgan fingerprint density at radius 3 is 2.36 bits per heavy atom. The van der Waals surface area contributed by atoms with Gasteiger partial charge in [-0.3, -0.25) is 9.59 Å². The van der Waals surface area contributed by atoms with E-state index < -0.39 is 12.1 Å². The Labute approximate surface area is 66.7 Å². The summed E-state index contributed by atoms with van der Waals surface area (Å²) in [4.78, 5) is 20.7. The molecule has 64 valence electrons. The van der Waals surface area contributed by atoms with E-state index in [1.54, 1.807) is 0 Å². The van der Waals surface area contributed by atoms with Crippen LogP contribution in [0.5, 0.6) is 0 Å². The average Bonchev–Trinajstić information content (AvgIpc) is 1.84. The van der Waals surface area contributed by atoms with Gasteiger partial charge < -0.3 is 4.74 Å². The van der Waals surface area contributed by atoms with Gasteiger partial charge in [0, 0.05) is 6.92 Å². The molecule has 0 aromatic carbocycles. The maximum atomic E-state index is 10.4. The van der Waals surface area contributed by atoms with Gasteiger partial charge in [0.2, 0.25) is 0 Å². The molecule has 11 heavy (non-hydrogen) atoms. The van der Waals surface area contributed by atoms with Gasteiger partial charge in [0.05, 0.1) is 0 Å². The fourth-order valence-corrected chi connectivity index (χ4v) is 0.809. The highest BCUT2D eigenvalue weighted by atomic mass is 16.5. The van der Waals surface area contributed by atoms with E-state index >= 15 is 0 Å². The minimum atomic E-state index is -0.563. The molecule has 0 unspecified atom stereocenters. The van der Waals surface area contributed by atoms with Gasteiger partial charge in [-0.1, -0.05) is 13.8 Å². The second-order valence-electron chi connectivity index (χ2n) is 2.91. The van der Waals surface area contributed by atoms with Gasteiger partial charge in [0.1, 0.15) is 0 Å². The average molecular weight is 158 g/mol. The lowest BCUT2D eigenvalue weighted by molar-refractivity contribution is -0.150. The Hall–Kier alpha value is -0.860. The SMILES string of the molecule is CC(=O)O[C@H](C=O)CC(C)C. The van der Waals surface area contributed by atoms with E-state index in [4.69, 9.17) is 4.74 Å². The summed E-state index contributed by atoms with van der Waals surface area (Å²) in [5.74, 6) is -0.0349. The number of carbonyl (C=O) groups is 2. The maximum absolute atomic E-state index is 10.4. The summed E-state index contributed by atoms with van der Waals surface area (Å²) in [5, 5.41) is 0. The molecule has 1 atom stereocenters. The molecule has 3 heteroatoms. The van der Waals surface area contributed by atoms with E-state index in [0.29, 0.717) is 18.6 Å². The normalized spacial score (nSPS) is 12.7. The highest BCUT2D eigenvalue weighted by Crippen LogP contribution is 2.05. The lowest BCUT2D eigenvalue weighted by Gasteiger charge is -2.11. The Balaban J connectivity index is 3.76. The van der Waals surface area contributed by atoms with Gasteiger partial charge in [0.25, 0.3) is 0 Å². The molecule has 0 fully saturated rings. The summed E-state index contributed by atoms with van der Waals surface area (Å²) in [6.07, 6.45) is 0.706. The maximum Gasteiger partial charge on any atom is 0.303 e. The first kappa shape index (κ1) is 10.1. The fraction of sp³-hybridized carbons (Fsp3) is 0.750. The molecular formula is C8H14O3. The third-order valence-electron chi connectivity index (χ3n) is 1.17. The van der Waals surface area contributed by atoms with Crippen molar-refractivity contribution in [3.63, 3.8) is 0 Å². The fourth-order valence-electron chi connectivity index (χ4n) is 0.809. The van der Waals surface area contributed by atoms with Crippen molar-refractivity contribution < 1.29 is 14.3 Å². The van der Waals surface area contributed by atoms with Crippen molar-refractivity contribution in [2.45, 2.75) is 33.3 Å². The van der Waals surface area contributed by atoms with Gasteiger partial charge in [-0.25, -0.2) is 0 Å². The Kier molecular flexibility index (Phi) is 4.50. The summed E-state index contributed by atoms with van der Waals surface area (Å²) in [7, 11) is 0. The number of rotatable bonds is 4. The first-order valence-electron chi connectivity index (χ1n) is 3.68. The predicted molar refractivity (Wildman–Crippen MR) is 41.1 cm³/mol. The van der Waals surface area contributed by atoms with E-state index in [0.717, 1.165) is 0 Å². The van der Waals surface area contributed by atoms with Gasteiger partial charge in [-0.05, 0) is 12.3 Å². The number of hydrogen-bond donors (Lipinski definition) is 0. The number of ether oxygens (including phenoxy) is 1. The third-order valence-corrected chi connectivity index (χ3v) is 1.17. The standard InChI is InChI=1S/C8H14O3/c1-6(2)4-8(5-9)11-7(3)10/h5-6,8H,4H2,1-3H3/t8-/m0/s1. The van der Waals surface area contributed by atoms with Crippen LogP contribution in [0.25, 0.3) is 0 Å². The molecule has 0 N–H and O–H groups in total. The molecule has 0 spiro atoms. The van der Waals surface area contributed by atoms with Crippen LogP contribution in [0, 0.1) is 5.92 Å². The van der Waals surface area contributed by atoms with Crippen LogP contribution in [0.2, 0.25) is 0 Å². The molecule has 0 aromatic rings. The number of esters is 1. The summed E-state index contributed by atoms with van der Waals surface area (Å²) in [6.45, 7) is 5.25. The van der Waals surface area contributed by atoms with Gasteiger partial charge in [-0.15, -0.1) is 0 Å². The quantitative estimate of drug-likeness (QED) is 0.455. The van der Waals surface area contributed by atoms with Gasteiger partial charge in [0.15, 0.2) is 12.4 Å². The van der Waals surface area contributed by atoms with Gasteiger partial charge >= 0.3 is 5.97 Å². The summed E-state index contributed by atoms with van der Waals surface area (Å²) in [5.41, 5.74) is 0. The number of aldehydes is 1. The van der Waals surface area contributed by atoms with E-state index in [1.807, 2.05) is 13.8 Å². The molecule has 3 nitrogen and oxygen atoms in total.